The van der Waals surface area contributed by atoms with Crippen molar-refractivity contribution < 1.29 is 14.1 Å². The zero-order chi connectivity index (χ0) is 16.7. The van der Waals surface area contributed by atoms with Crippen LogP contribution in [0.25, 0.3) is 0 Å². The SMILES string of the molecule is N#C/C(=C/Nc1ccc([N+](=O)[O-])cc1)C(=O)NCc1ccco1. The lowest BCUT2D eigenvalue weighted by molar-refractivity contribution is -0.384. The molecule has 0 aliphatic rings. The van der Waals surface area contributed by atoms with Gasteiger partial charge in [-0.25, -0.2) is 0 Å². The van der Waals surface area contributed by atoms with E-state index in [4.69, 9.17) is 9.68 Å². The number of hydrogen-bond acceptors (Lipinski definition) is 6. The zero-order valence-corrected chi connectivity index (χ0v) is 11.9. The van der Waals surface area contributed by atoms with Gasteiger partial charge in [-0.2, -0.15) is 5.26 Å². The van der Waals surface area contributed by atoms with E-state index in [9.17, 15) is 14.9 Å². The van der Waals surface area contributed by atoms with Gasteiger partial charge in [-0.05, 0) is 24.3 Å². The predicted molar refractivity (Wildman–Crippen MR) is 81.0 cm³/mol. The highest BCUT2D eigenvalue weighted by Crippen LogP contribution is 2.15. The van der Waals surface area contributed by atoms with Gasteiger partial charge in [0, 0.05) is 24.0 Å². The number of carbonyl (C=O) groups is 1. The van der Waals surface area contributed by atoms with Crippen LogP contribution in [0.3, 0.4) is 0 Å². The number of nitro benzene ring substituents is 1. The molecular formula is C15H12N4O4. The first kappa shape index (κ1) is 15.8. The number of rotatable bonds is 6. The van der Waals surface area contributed by atoms with E-state index in [0.29, 0.717) is 11.4 Å². The number of carbonyl (C=O) groups excluding carboxylic acids is 1. The molecule has 1 heterocycles. The maximum Gasteiger partial charge on any atom is 0.269 e. The van der Waals surface area contributed by atoms with Crippen molar-refractivity contribution in [3.63, 3.8) is 0 Å². The monoisotopic (exact) mass is 312 g/mol. The van der Waals surface area contributed by atoms with E-state index in [0.717, 1.165) is 0 Å². The Morgan fingerprint density at radius 2 is 2.09 bits per heavy atom. The summed E-state index contributed by atoms with van der Waals surface area (Å²) in [6.45, 7) is 0.169. The highest BCUT2D eigenvalue weighted by Gasteiger charge is 2.09. The van der Waals surface area contributed by atoms with Crippen molar-refractivity contribution in [1.82, 2.24) is 5.32 Å². The lowest BCUT2D eigenvalue weighted by Gasteiger charge is -2.04. The number of anilines is 1. The van der Waals surface area contributed by atoms with Crippen molar-refractivity contribution in [2.24, 2.45) is 0 Å². The number of amides is 1. The Bertz CT molecular complexity index is 758. The first-order valence-electron chi connectivity index (χ1n) is 6.52. The van der Waals surface area contributed by atoms with E-state index in [1.165, 1.54) is 36.7 Å². The lowest BCUT2D eigenvalue weighted by atomic mass is 10.2. The molecule has 0 bridgehead atoms. The van der Waals surface area contributed by atoms with Gasteiger partial charge in [-0.3, -0.25) is 14.9 Å². The van der Waals surface area contributed by atoms with Crippen molar-refractivity contribution in [3.8, 4) is 6.07 Å². The molecule has 0 aliphatic carbocycles. The van der Waals surface area contributed by atoms with Crippen molar-refractivity contribution in [1.29, 1.82) is 5.26 Å². The first-order valence-corrected chi connectivity index (χ1v) is 6.52. The molecule has 8 heteroatoms. The minimum Gasteiger partial charge on any atom is -0.467 e. The van der Waals surface area contributed by atoms with Crippen LogP contribution in [0.1, 0.15) is 5.76 Å². The van der Waals surface area contributed by atoms with Gasteiger partial charge in [0.2, 0.25) is 0 Å². The van der Waals surface area contributed by atoms with E-state index in [1.807, 2.05) is 0 Å². The second-order valence-electron chi connectivity index (χ2n) is 4.38. The molecule has 0 radical (unpaired) electrons. The maximum absolute atomic E-state index is 11.9. The fourth-order valence-electron chi connectivity index (χ4n) is 1.66. The number of nitro groups is 1. The van der Waals surface area contributed by atoms with Crippen LogP contribution in [0, 0.1) is 21.4 Å². The molecule has 2 N–H and O–H groups in total. The molecule has 0 aliphatic heterocycles. The summed E-state index contributed by atoms with van der Waals surface area (Å²) in [4.78, 5) is 21.9. The number of nitrogens with zero attached hydrogens (tertiary/aromatic N) is 2. The summed E-state index contributed by atoms with van der Waals surface area (Å²) in [6, 6.07) is 10.8. The molecule has 1 aromatic carbocycles. The average molecular weight is 312 g/mol. The third kappa shape index (κ3) is 4.44. The molecule has 0 saturated carbocycles. The Labute approximate surface area is 131 Å². The van der Waals surface area contributed by atoms with Crippen LogP contribution in [0.15, 0.2) is 58.9 Å². The summed E-state index contributed by atoms with van der Waals surface area (Å²) in [5.74, 6) is 0.0114. The maximum atomic E-state index is 11.9. The van der Waals surface area contributed by atoms with Gasteiger partial charge in [0.25, 0.3) is 11.6 Å². The average Bonchev–Trinajstić information content (AvgIpc) is 3.07. The standard InChI is InChI=1S/C15H12N4O4/c16-8-11(15(20)18-10-14-2-1-7-23-14)9-17-12-3-5-13(6-4-12)19(21)22/h1-7,9,17H,10H2,(H,18,20)/b11-9-. The van der Waals surface area contributed by atoms with E-state index in [1.54, 1.807) is 18.2 Å². The first-order chi connectivity index (χ1) is 11.1. The van der Waals surface area contributed by atoms with Gasteiger partial charge in [0.05, 0.1) is 17.7 Å². The Hall–Kier alpha value is -3.60. The minimum atomic E-state index is -0.557. The summed E-state index contributed by atoms with van der Waals surface area (Å²) in [6.07, 6.45) is 2.72. The second kappa shape index (κ2) is 7.42. The topological polar surface area (TPSA) is 121 Å². The molecule has 23 heavy (non-hydrogen) atoms. The predicted octanol–water partition coefficient (Wildman–Crippen LogP) is 2.32. The van der Waals surface area contributed by atoms with Gasteiger partial charge in [-0.1, -0.05) is 0 Å². The van der Waals surface area contributed by atoms with Crippen LogP contribution < -0.4 is 10.6 Å². The molecule has 116 valence electrons. The molecule has 1 amide bonds. The molecule has 0 fully saturated rings. The largest absolute Gasteiger partial charge is 0.467 e. The summed E-state index contributed by atoms with van der Waals surface area (Å²) in [5, 5.41) is 24.9. The molecule has 2 aromatic rings. The van der Waals surface area contributed by atoms with Gasteiger partial charge < -0.3 is 15.1 Å². The Kier molecular flexibility index (Phi) is 5.09. The molecular weight excluding hydrogens is 300 g/mol. The van der Waals surface area contributed by atoms with Gasteiger partial charge >= 0.3 is 0 Å². The Morgan fingerprint density at radius 3 is 2.65 bits per heavy atom. The third-order valence-electron chi connectivity index (χ3n) is 2.83. The summed E-state index contributed by atoms with van der Waals surface area (Å²) in [7, 11) is 0. The van der Waals surface area contributed by atoms with Crippen LogP contribution >= 0.6 is 0 Å². The smallest absolute Gasteiger partial charge is 0.269 e. The van der Waals surface area contributed by atoms with Gasteiger partial charge in [0.15, 0.2) is 0 Å². The van der Waals surface area contributed by atoms with Gasteiger partial charge in [0.1, 0.15) is 17.4 Å². The van der Waals surface area contributed by atoms with E-state index in [-0.39, 0.29) is 17.8 Å². The summed E-state index contributed by atoms with van der Waals surface area (Å²) in [5.41, 5.74) is 0.341. The highest BCUT2D eigenvalue weighted by molar-refractivity contribution is 5.97. The fraction of sp³-hybridized carbons (Fsp3) is 0.0667. The number of hydrogen-bond donors (Lipinski definition) is 2. The molecule has 8 nitrogen and oxygen atoms in total. The van der Waals surface area contributed by atoms with Crippen LogP contribution in [-0.4, -0.2) is 10.8 Å². The van der Waals surface area contributed by atoms with Crippen LogP contribution in [0.4, 0.5) is 11.4 Å². The summed E-state index contributed by atoms with van der Waals surface area (Å²) >= 11 is 0. The number of nitriles is 1. The fourth-order valence-corrected chi connectivity index (χ4v) is 1.66. The summed E-state index contributed by atoms with van der Waals surface area (Å²) < 4.78 is 5.07. The zero-order valence-electron chi connectivity index (χ0n) is 11.9. The number of non-ortho nitro benzene ring substituents is 1. The van der Waals surface area contributed by atoms with Crippen LogP contribution in [0.5, 0.6) is 0 Å². The second-order valence-corrected chi connectivity index (χ2v) is 4.38. The van der Waals surface area contributed by atoms with E-state index >= 15 is 0 Å². The van der Waals surface area contributed by atoms with E-state index < -0.39 is 10.8 Å². The highest BCUT2D eigenvalue weighted by atomic mass is 16.6. The Morgan fingerprint density at radius 1 is 1.35 bits per heavy atom. The lowest BCUT2D eigenvalue weighted by Crippen LogP contribution is -2.24. The van der Waals surface area contributed by atoms with Crippen LogP contribution in [-0.2, 0) is 11.3 Å². The third-order valence-corrected chi connectivity index (χ3v) is 2.83. The molecule has 0 saturated heterocycles. The van der Waals surface area contributed by atoms with Crippen molar-refractivity contribution in [2.45, 2.75) is 6.54 Å². The van der Waals surface area contributed by atoms with Crippen LogP contribution in [0.2, 0.25) is 0 Å². The quantitative estimate of drug-likeness (QED) is 0.365. The van der Waals surface area contributed by atoms with Crippen molar-refractivity contribution >= 4 is 17.3 Å². The number of benzene rings is 1. The number of nitrogens with one attached hydrogen (secondary N) is 2. The number of furan rings is 1. The molecule has 0 atom stereocenters. The van der Waals surface area contributed by atoms with Crippen molar-refractivity contribution in [2.75, 3.05) is 5.32 Å². The Balaban J connectivity index is 1.96. The van der Waals surface area contributed by atoms with Gasteiger partial charge in [-0.15, -0.1) is 0 Å². The van der Waals surface area contributed by atoms with E-state index in [2.05, 4.69) is 10.6 Å². The molecule has 1 aromatic heterocycles. The van der Waals surface area contributed by atoms with Crippen molar-refractivity contribution in [3.05, 3.63) is 70.3 Å². The molecule has 0 spiro atoms. The minimum absolute atomic E-state index is 0.0452. The molecule has 0 unspecified atom stereocenters. The normalized spacial score (nSPS) is 10.7. The molecule has 2 rings (SSSR count).